The van der Waals surface area contributed by atoms with Crippen molar-refractivity contribution in [2.75, 3.05) is 25.5 Å². The van der Waals surface area contributed by atoms with Gasteiger partial charge in [-0.05, 0) is 36.3 Å². The molecular formula is C21H21N5O3S. The maximum Gasteiger partial charge on any atom is 0.321 e. The van der Waals surface area contributed by atoms with Crippen LogP contribution >= 0.6 is 11.3 Å². The van der Waals surface area contributed by atoms with Gasteiger partial charge in [0.25, 0.3) is 0 Å². The number of aliphatic hydroxyl groups is 1. The average molecular weight is 423 g/mol. The van der Waals surface area contributed by atoms with Crippen molar-refractivity contribution in [3.8, 4) is 16.9 Å². The molecule has 2 aromatic heterocycles. The molecule has 9 heteroatoms. The molecule has 0 saturated carbocycles. The number of carbonyl (C=O) groups excluding carboxylic acids is 1. The van der Waals surface area contributed by atoms with Gasteiger partial charge in [-0.2, -0.15) is 0 Å². The van der Waals surface area contributed by atoms with Gasteiger partial charge in [-0.1, -0.05) is 23.5 Å². The molecule has 0 spiro atoms. The highest BCUT2D eigenvalue weighted by Crippen LogP contribution is 2.31. The van der Waals surface area contributed by atoms with Crippen molar-refractivity contribution in [2.45, 2.75) is 12.5 Å². The minimum atomic E-state index is -0.832. The Morgan fingerprint density at radius 2 is 2.20 bits per heavy atom. The summed E-state index contributed by atoms with van der Waals surface area (Å²) in [6.45, 7) is 0.738. The van der Waals surface area contributed by atoms with Crippen molar-refractivity contribution in [1.29, 1.82) is 0 Å². The number of amides is 2. The largest absolute Gasteiger partial charge is 0.495 e. The van der Waals surface area contributed by atoms with Crippen LogP contribution in [-0.4, -0.2) is 53.1 Å². The number of hydrogen-bond acceptors (Lipinski definition) is 7. The van der Waals surface area contributed by atoms with Crippen LogP contribution in [0.3, 0.4) is 0 Å². The summed E-state index contributed by atoms with van der Waals surface area (Å²) < 4.78 is 6.17. The van der Waals surface area contributed by atoms with Crippen LogP contribution in [0.5, 0.6) is 5.75 Å². The van der Waals surface area contributed by atoms with E-state index < -0.39 is 12.1 Å². The fourth-order valence-electron chi connectivity index (χ4n) is 3.02. The Labute approximate surface area is 177 Å². The normalized spacial score (nSPS) is 14.3. The number of methoxy groups -OCH3 is 1. The minimum Gasteiger partial charge on any atom is -0.495 e. The van der Waals surface area contributed by atoms with Crippen molar-refractivity contribution in [1.82, 2.24) is 15.3 Å². The highest BCUT2D eigenvalue weighted by molar-refractivity contribution is 7.22. The van der Waals surface area contributed by atoms with E-state index in [0.29, 0.717) is 23.1 Å². The number of aliphatic imine (C=N–C) groups is 1. The minimum absolute atomic E-state index is 0.0763. The second kappa shape index (κ2) is 9.02. The monoisotopic (exact) mass is 423 g/mol. The van der Waals surface area contributed by atoms with E-state index in [4.69, 9.17) is 4.74 Å². The Morgan fingerprint density at radius 3 is 3.00 bits per heavy atom. The number of carbonyl (C=O) groups is 1. The molecule has 0 saturated heterocycles. The predicted molar refractivity (Wildman–Crippen MR) is 118 cm³/mol. The topological polar surface area (TPSA) is 109 Å². The number of ether oxygens (including phenoxy) is 1. The number of hydrogen-bond donors (Lipinski definition) is 3. The number of thiazole rings is 1. The Morgan fingerprint density at radius 1 is 1.30 bits per heavy atom. The van der Waals surface area contributed by atoms with Gasteiger partial charge in [-0.15, -0.1) is 0 Å². The van der Waals surface area contributed by atoms with Crippen molar-refractivity contribution in [3.05, 3.63) is 48.8 Å². The van der Waals surface area contributed by atoms with Crippen LogP contribution in [-0.2, 0) is 0 Å². The third-order valence-corrected chi connectivity index (χ3v) is 5.50. The lowest BCUT2D eigenvalue weighted by atomic mass is 10.1. The zero-order chi connectivity index (χ0) is 20.9. The van der Waals surface area contributed by atoms with E-state index in [1.165, 1.54) is 11.3 Å². The van der Waals surface area contributed by atoms with E-state index in [2.05, 4.69) is 25.6 Å². The van der Waals surface area contributed by atoms with Gasteiger partial charge in [-0.3, -0.25) is 15.3 Å². The van der Waals surface area contributed by atoms with E-state index in [1.807, 2.05) is 30.3 Å². The van der Waals surface area contributed by atoms with Crippen LogP contribution in [0.1, 0.15) is 6.42 Å². The zero-order valence-electron chi connectivity index (χ0n) is 16.3. The van der Waals surface area contributed by atoms with E-state index in [0.717, 1.165) is 27.8 Å². The summed E-state index contributed by atoms with van der Waals surface area (Å²) in [5.41, 5.74) is 3.29. The summed E-state index contributed by atoms with van der Waals surface area (Å²) >= 11 is 1.37. The first kappa shape index (κ1) is 20.0. The molecule has 1 aliphatic heterocycles. The van der Waals surface area contributed by atoms with Crippen LogP contribution in [0.4, 0.5) is 9.93 Å². The SMILES string of the molecule is COc1cncc(-c2ccc3nc(NC(=O)NCC(O)C4=NCCC=C4)sc3c2)c1. The quantitative estimate of drug-likeness (QED) is 0.564. The third kappa shape index (κ3) is 4.64. The second-order valence-corrected chi connectivity index (χ2v) is 7.69. The van der Waals surface area contributed by atoms with Gasteiger partial charge in [-0.25, -0.2) is 9.78 Å². The lowest BCUT2D eigenvalue weighted by molar-refractivity contribution is 0.226. The van der Waals surface area contributed by atoms with Crippen molar-refractivity contribution >= 4 is 38.4 Å². The lowest BCUT2D eigenvalue weighted by Crippen LogP contribution is -2.38. The molecule has 3 N–H and O–H groups in total. The molecule has 3 heterocycles. The number of urea groups is 1. The average Bonchev–Trinajstić information content (AvgIpc) is 3.19. The number of fused-ring (bicyclic) bond motifs is 1. The molecule has 154 valence electrons. The number of pyridine rings is 1. The van der Waals surface area contributed by atoms with Crippen LogP contribution < -0.4 is 15.4 Å². The number of dihydropyridines is 1. The standard InChI is InChI=1S/C21H21N5O3S/c1-29-15-8-14(10-22-11-15)13-5-6-17-19(9-13)30-21(25-17)26-20(28)24-12-18(27)16-4-2-3-7-23-16/h2,4-6,8-11,18,27H,3,7,12H2,1H3,(H2,24,25,26,28). The van der Waals surface area contributed by atoms with Crippen LogP contribution in [0.2, 0.25) is 0 Å². The molecule has 2 amide bonds. The van der Waals surface area contributed by atoms with Gasteiger partial charge in [0, 0.05) is 18.3 Å². The van der Waals surface area contributed by atoms with Crippen LogP contribution in [0.15, 0.2) is 53.8 Å². The van der Waals surface area contributed by atoms with E-state index in [1.54, 1.807) is 25.6 Å². The molecule has 3 aromatic rings. The maximum absolute atomic E-state index is 12.2. The fraction of sp³-hybridized carbons (Fsp3) is 0.238. The number of anilines is 1. The van der Waals surface area contributed by atoms with Gasteiger partial charge in [0.15, 0.2) is 5.13 Å². The molecule has 1 aromatic carbocycles. The number of rotatable bonds is 6. The highest BCUT2D eigenvalue weighted by Gasteiger charge is 2.14. The number of aromatic nitrogens is 2. The third-order valence-electron chi connectivity index (χ3n) is 4.57. The molecule has 0 bridgehead atoms. The Kier molecular flexibility index (Phi) is 6.01. The molecule has 4 rings (SSSR count). The predicted octanol–water partition coefficient (Wildman–Crippen LogP) is 3.25. The molecule has 8 nitrogen and oxygen atoms in total. The van der Waals surface area contributed by atoms with Gasteiger partial charge < -0.3 is 15.2 Å². The summed E-state index contributed by atoms with van der Waals surface area (Å²) in [5, 5.41) is 16.0. The Hall–Kier alpha value is -3.30. The van der Waals surface area contributed by atoms with Crippen molar-refractivity contribution < 1.29 is 14.6 Å². The molecule has 30 heavy (non-hydrogen) atoms. The molecule has 0 fully saturated rings. The number of aliphatic hydroxyl groups excluding tert-OH is 1. The smallest absolute Gasteiger partial charge is 0.321 e. The summed E-state index contributed by atoms with van der Waals surface area (Å²) in [4.78, 5) is 25.1. The summed E-state index contributed by atoms with van der Waals surface area (Å²) in [5.74, 6) is 0.688. The first-order chi connectivity index (χ1) is 14.6. The zero-order valence-corrected chi connectivity index (χ0v) is 17.1. The summed E-state index contributed by atoms with van der Waals surface area (Å²) in [6.07, 6.45) is 7.22. The molecule has 0 aliphatic carbocycles. The van der Waals surface area contributed by atoms with Crippen molar-refractivity contribution in [2.24, 2.45) is 4.99 Å². The van der Waals surface area contributed by atoms with Gasteiger partial charge in [0.2, 0.25) is 0 Å². The van der Waals surface area contributed by atoms with Crippen LogP contribution in [0, 0.1) is 0 Å². The summed E-state index contributed by atoms with van der Waals surface area (Å²) in [6, 6.07) is 7.35. The van der Waals surface area contributed by atoms with Gasteiger partial charge >= 0.3 is 6.03 Å². The van der Waals surface area contributed by atoms with E-state index >= 15 is 0 Å². The first-order valence-electron chi connectivity index (χ1n) is 9.46. The van der Waals surface area contributed by atoms with Crippen molar-refractivity contribution in [3.63, 3.8) is 0 Å². The summed E-state index contributed by atoms with van der Waals surface area (Å²) in [7, 11) is 1.61. The highest BCUT2D eigenvalue weighted by atomic mass is 32.1. The maximum atomic E-state index is 12.2. The second-order valence-electron chi connectivity index (χ2n) is 6.66. The van der Waals surface area contributed by atoms with Gasteiger partial charge in [0.05, 0.1) is 35.8 Å². The number of nitrogens with one attached hydrogen (secondary N) is 2. The number of nitrogens with zero attached hydrogens (tertiary/aromatic N) is 3. The lowest BCUT2D eigenvalue weighted by Gasteiger charge is -2.14. The van der Waals surface area contributed by atoms with Gasteiger partial charge in [0.1, 0.15) is 11.9 Å². The molecule has 1 unspecified atom stereocenters. The molecule has 1 aliphatic rings. The first-order valence-corrected chi connectivity index (χ1v) is 10.3. The fourth-order valence-corrected chi connectivity index (χ4v) is 3.92. The van der Waals surface area contributed by atoms with E-state index in [-0.39, 0.29) is 6.54 Å². The molecular weight excluding hydrogens is 402 g/mol. The van der Waals surface area contributed by atoms with Crippen LogP contribution in [0.25, 0.3) is 21.3 Å². The Balaban J connectivity index is 1.41. The molecule has 0 radical (unpaired) electrons. The Bertz CT molecular complexity index is 1120. The molecule has 1 atom stereocenters. The van der Waals surface area contributed by atoms with E-state index in [9.17, 15) is 9.90 Å². The number of benzene rings is 1.